The Morgan fingerprint density at radius 1 is 1.36 bits per heavy atom. The molecule has 0 amide bonds. The fourth-order valence-electron chi connectivity index (χ4n) is 2.98. The molecule has 4 nitrogen and oxygen atoms in total. The molecule has 1 atom stereocenters. The highest BCUT2D eigenvalue weighted by atomic mass is 16.1. The van der Waals surface area contributed by atoms with Gasteiger partial charge in [0.25, 0.3) is 0 Å². The van der Waals surface area contributed by atoms with E-state index in [0.717, 1.165) is 19.3 Å². The van der Waals surface area contributed by atoms with E-state index in [1.54, 1.807) is 0 Å². The van der Waals surface area contributed by atoms with Gasteiger partial charge in [-0.3, -0.25) is 4.79 Å². The van der Waals surface area contributed by atoms with Crippen LogP contribution >= 0.6 is 0 Å². The lowest BCUT2D eigenvalue weighted by atomic mass is 9.69. The highest BCUT2D eigenvalue weighted by molar-refractivity contribution is 5.80. The van der Waals surface area contributed by atoms with E-state index in [2.05, 4.69) is 10.0 Å². The van der Waals surface area contributed by atoms with Gasteiger partial charge in [-0.1, -0.05) is 18.0 Å². The molecule has 1 unspecified atom stereocenters. The topological polar surface area (TPSA) is 65.8 Å². The fraction of sp³-hybridized carbons (Fsp3) is 0.900. The van der Waals surface area contributed by atoms with Crippen molar-refractivity contribution >= 4 is 5.78 Å². The minimum absolute atomic E-state index is 0.0590. The minimum Gasteiger partial charge on any atom is -0.300 e. The molecule has 14 heavy (non-hydrogen) atoms. The molecule has 0 aromatic heterocycles. The van der Waals surface area contributed by atoms with Crippen molar-refractivity contribution in [1.29, 1.82) is 0 Å². The number of nitrogens with zero attached hydrogens (tertiary/aromatic N) is 3. The van der Waals surface area contributed by atoms with Crippen molar-refractivity contribution in [3.8, 4) is 0 Å². The van der Waals surface area contributed by atoms with Gasteiger partial charge in [0.15, 0.2) is 0 Å². The molecule has 2 aliphatic rings. The Hall–Kier alpha value is -1.02. The molecule has 0 aromatic carbocycles. The Morgan fingerprint density at radius 3 is 2.71 bits per heavy atom. The number of carbonyl (C=O) groups is 1. The second-order valence-corrected chi connectivity index (χ2v) is 4.53. The van der Waals surface area contributed by atoms with E-state index in [1.807, 2.05) is 0 Å². The quantitative estimate of drug-likeness (QED) is 0.358. The van der Waals surface area contributed by atoms with E-state index in [4.69, 9.17) is 5.53 Å². The van der Waals surface area contributed by atoms with Gasteiger partial charge in [0.2, 0.25) is 0 Å². The van der Waals surface area contributed by atoms with Gasteiger partial charge in [-0.15, -0.1) is 0 Å². The third kappa shape index (κ3) is 1.50. The molecule has 2 saturated carbocycles. The molecule has 1 spiro atoms. The Bertz CT molecular complexity index is 288. The van der Waals surface area contributed by atoms with Crippen molar-refractivity contribution in [2.45, 2.75) is 51.0 Å². The van der Waals surface area contributed by atoms with Crippen molar-refractivity contribution in [1.82, 2.24) is 0 Å². The summed E-state index contributed by atoms with van der Waals surface area (Å²) in [5.74, 6) is 0.264. The van der Waals surface area contributed by atoms with Crippen LogP contribution < -0.4 is 0 Å². The highest BCUT2D eigenvalue weighted by Gasteiger charge is 2.44. The third-order valence-electron chi connectivity index (χ3n) is 3.82. The summed E-state index contributed by atoms with van der Waals surface area (Å²) in [6.45, 7) is 0. The first-order valence-electron chi connectivity index (χ1n) is 5.33. The Balaban J connectivity index is 2.20. The molecular weight excluding hydrogens is 178 g/mol. The van der Waals surface area contributed by atoms with Gasteiger partial charge in [-0.2, -0.15) is 0 Å². The number of ketones is 1. The Morgan fingerprint density at radius 2 is 2.07 bits per heavy atom. The molecule has 0 N–H and O–H groups in total. The van der Waals surface area contributed by atoms with Gasteiger partial charge < -0.3 is 0 Å². The summed E-state index contributed by atoms with van der Waals surface area (Å²) in [4.78, 5) is 14.2. The lowest BCUT2D eigenvalue weighted by molar-refractivity contribution is -0.123. The van der Waals surface area contributed by atoms with Crippen LogP contribution in [0.2, 0.25) is 0 Å². The van der Waals surface area contributed by atoms with Gasteiger partial charge in [-0.25, -0.2) is 0 Å². The summed E-state index contributed by atoms with van der Waals surface area (Å²) in [5.41, 5.74) is 8.68. The standard InChI is InChI=1S/C10H15N3O/c11-13-12-9-7-8(14)3-6-10(9)4-1-2-5-10/h9H,1-7H2. The van der Waals surface area contributed by atoms with Crippen molar-refractivity contribution in [3.05, 3.63) is 10.4 Å². The van der Waals surface area contributed by atoms with Crippen molar-refractivity contribution in [2.75, 3.05) is 0 Å². The maximum absolute atomic E-state index is 11.3. The molecule has 0 radical (unpaired) electrons. The molecule has 2 fully saturated rings. The lowest BCUT2D eigenvalue weighted by Crippen LogP contribution is -2.37. The van der Waals surface area contributed by atoms with Crippen LogP contribution in [0.4, 0.5) is 0 Å². The lowest BCUT2D eigenvalue weighted by Gasteiger charge is -2.38. The van der Waals surface area contributed by atoms with Crippen LogP contribution in [0.1, 0.15) is 44.9 Å². The average molecular weight is 193 g/mol. The van der Waals surface area contributed by atoms with Gasteiger partial charge in [0, 0.05) is 23.8 Å². The number of azide groups is 1. The molecule has 2 aliphatic carbocycles. The van der Waals surface area contributed by atoms with Crippen LogP contribution in [0.3, 0.4) is 0 Å². The normalized spacial score (nSPS) is 30.3. The van der Waals surface area contributed by atoms with Crippen LogP contribution in [-0.2, 0) is 4.79 Å². The molecule has 0 heterocycles. The van der Waals surface area contributed by atoms with E-state index < -0.39 is 0 Å². The van der Waals surface area contributed by atoms with Gasteiger partial charge in [0.1, 0.15) is 5.78 Å². The molecule has 0 bridgehead atoms. The van der Waals surface area contributed by atoms with Gasteiger partial charge in [0.05, 0.1) is 0 Å². The van der Waals surface area contributed by atoms with Crippen molar-refractivity contribution < 1.29 is 4.79 Å². The second-order valence-electron chi connectivity index (χ2n) is 4.53. The predicted molar refractivity (Wildman–Crippen MR) is 52.7 cm³/mol. The largest absolute Gasteiger partial charge is 0.300 e. The third-order valence-corrected chi connectivity index (χ3v) is 3.82. The van der Waals surface area contributed by atoms with Crippen molar-refractivity contribution in [2.24, 2.45) is 10.5 Å². The van der Waals surface area contributed by atoms with E-state index in [-0.39, 0.29) is 17.2 Å². The van der Waals surface area contributed by atoms with Crippen LogP contribution in [-0.4, -0.2) is 11.8 Å². The maximum atomic E-state index is 11.3. The second kappa shape index (κ2) is 3.62. The summed E-state index contributed by atoms with van der Waals surface area (Å²) in [7, 11) is 0. The zero-order valence-corrected chi connectivity index (χ0v) is 8.28. The van der Waals surface area contributed by atoms with Crippen molar-refractivity contribution in [3.63, 3.8) is 0 Å². The van der Waals surface area contributed by atoms with Gasteiger partial charge in [-0.05, 0) is 30.2 Å². The Labute approximate surface area is 83.3 Å². The number of rotatable bonds is 1. The molecular formula is C10H15N3O. The predicted octanol–water partition coefficient (Wildman–Crippen LogP) is 2.98. The monoisotopic (exact) mass is 193 g/mol. The summed E-state index contributed by atoms with van der Waals surface area (Å²) >= 11 is 0. The van der Waals surface area contributed by atoms with Crippen LogP contribution in [0.15, 0.2) is 5.11 Å². The van der Waals surface area contributed by atoms with E-state index in [9.17, 15) is 4.79 Å². The van der Waals surface area contributed by atoms with E-state index >= 15 is 0 Å². The molecule has 2 rings (SSSR count). The highest BCUT2D eigenvalue weighted by Crippen LogP contribution is 2.49. The number of hydrogen-bond acceptors (Lipinski definition) is 2. The maximum Gasteiger partial charge on any atom is 0.133 e. The number of hydrogen-bond donors (Lipinski definition) is 0. The van der Waals surface area contributed by atoms with Crippen LogP contribution in [0, 0.1) is 5.41 Å². The molecule has 0 aliphatic heterocycles. The molecule has 0 saturated heterocycles. The Kier molecular flexibility index (Phi) is 2.46. The van der Waals surface area contributed by atoms with Crippen LogP contribution in [0.5, 0.6) is 0 Å². The van der Waals surface area contributed by atoms with Crippen LogP contribution in [0.25, 0.3) is 10.4 Å². The first-order valence-corrected chi connectivity index (χ1v) is 5.33. The smallest absolute Gasteiger partial charge is 0.133 e. The SMILES string of the molecule is [N-]=[N+]=NC1CC(=O)CCC12CCCC2. The molecule has 4 heteroatoms. The van der Waals surface area contributed by atoms with E-state index in [1.165, 1.54) is 12.8 Å². The zero-order chi connectivity index (χ0) is 10.0. The average Bonchev–Trinajstić information content (AvgIpc) is 2.62. The zero-order valence-electron chi connectivity index (χ0n) is 8.28. The first kappa shape index (κ1) is 9.53. The molecule has 76 valence electrons. The summed E-state index contributed by atoms with van der Waals surface area (Å²) in [6.07, 6.45) is 6.85. The number of carbonyl (C=O) groups excluding carboxylic acids is 1. The summed E-state index contributed by atoms with van der Waals surface area (Å²) in [6, 6.07) is -0.0590. The number of Topliss-reactive ketones (excluding diaryl/α,β-unsaturated/α-hetero) is 1. The summed E-state index contributed by atoms with van der Waals surface area (Å²) in [5, 5.41) is 3.83. The van der Waals surface area contributed by atoms with Gasteiger partial charge >= 0.3 is 0 Å². The summed E-state index contributed by atoms with van der Waals surface area (Å²) < 4.78 is 0. The molecule has 0 aromatic rings. The van der Waals surface area contributed by atoms with E-state index in [0.29, 0.717) is 12.8 Å². The fourth-order valence-corrected chi connectivity index (χ4v) is 2.98. The minimum atomic E-state index is -0.0590. The first-order chi connectivity index (χ1) is 6.77.